The highest BCUT2D eigenvalue weighted by atomic mass is 32.2. The van der Waals surface area contributed by atoms with Crippen LogP contribution >= 0.6 is 11.8 Å². The number of hydrogen-bond acceptors (Lipinski definition) is 9. The molecule has 2 aliphatic heterocycles. The molecule has 3 N–H and O–H groups in total. The first-order valence-electron chi connectivity index (χ1n) is 10.3. The Hall–Kier alpha value is -2.24. The number of aryl methyl sites for hydroxylation is 1. The molecular weight excluding hydrogens is 418 g/mol. The van der Waals surface area contributed by atoms with E-state index in [2.05, 4.69) is 20.3 Å². The molecule has 164 valence electrons. The van der Waals surface area contributed by atoms with Crippen LogP contribution in [0.15, 0.2) is 41.8 Å². The summed E-state index contributed by atoms with van der Waals surface area (Å²) < 4.78 is 13.2. The summed E-state index contributed by atoms with van der Waals surface area (Å²) in [6, 6.07) is 8.25. The van der Waals surface area contributed by atoms with Gasteiger partial charge in [-0.05, 0) is 25.0 Å². The molecule has 0 spiro atoms. The van der Waals surface area contributed by atoms with Gasteiger partial charge in [0.2, 0.25) is 0 Å². The molecule has 5 rings (SSSR count). The van der Waals surface area contributed by atoms with Crippen LogP contribution < -0.4 is 5.32 Å². The molecule has 0 radical (unpaired) electrons. The maximum Gasteiger partial charge on any atom is 0.167 e. The van der Waals surface area contributed by atoms with Crippen molar-refractivity contribution in [3.05, 3.63) is 42.5 Å². The zero-order valence-corrected chi connectivity index (χ0v) is 17.9. The number of imidazole rings is 1. The Bertz CT molecular complexity index is 1060. The topological polar surface area (TPSA) is 115 Å². The van der Waals surface area contributed by atoms with Crippen LogP contribution in [0.4, 0.5) is 5.82 Å². The standard InChI is InChI=1S/C21H25N5O4S/c1-12-4-2-3-5-15(12)31-9-14-17(27)18(28)21(30-14)26-11-24-16-19(22-10-23-20(16)26)25-13-6-7-29-8-13/h2-5,10-11,13-14,17-18,21,27-28H,6-9H2,1H3,(H,22,23,25)/t13?,14-,17-,18-,21?/m1/s1. The molecular formula is C21H25N5O4S. The molecule has 3 aromatic rings. The van der Waals surface area contributed by atoms with Gasteiger partial charge in [0.1, 0.15) is 18.5 Å². The van der Waals surface area contributed by atoms with Gasteiger partial charge in [-0.15, -0.1) is 11.8 Å². The number of aromatic nitrogens is 4. The lowest BCUT2D eigenvalue weighted by molar-refractivity contribution is -0.0289. The van der Waals surface area contributed by atoms with Gasteiger partial charge in [0.15, 0.2) is 23.2 Å². The summed E-state index contributed by atoms with van der Waals surface area (Å²) in [5.74, 6) is 1.15. The lowest BCUT2D eigenvalue weighted by atomic mass is 10.1. The zero-order chi connectivity index (χ0) is 21.4. The van der Waals surface area contributed by atoms with Crippen LogP contribution in [0.2, 0.25) is 0 Å². The molecule has 2 aliphatic rings. The highest BCUT2D eigenvalue weighted by Gasteiger charge is 2.44. The van der Waals surface area contributed by atoms with E-state index >= 15 is 0 Å². The molecule has 0 saturated carbocycles. The Kier molecular flexibility index (Phi) is 5.81. The highest BCUT2D eigenvalue weighted by molar-refractivity contribution is 7.99. The molecule has 10 heteroatoms. The van der Waals surface area contributed by atoms with E-state index in [0.717, 1.165) is 17.9 Å². The molecule has 2 unspecified atom stereocenters. The first kappa shape index (κ1) is 20.7. The van der Waals surface area contributed by atoms with Crippen LogP contribution in [-0.4, -0.2) is 73.1 Å². The van der Waals surface area contributed by atoms with Gasteiger partial charge in [0.05, 0.1) is 25.1 Å². The fourth-order valence-corrected chi connectivity index (χ4v) is 5.06. The number of benzene rings is 1. The Morgan fingerprint density at radius 1 is 1.19 bits per heavy atom. The maximum atomic E-state index is 10.7. The molecule has 1 aromatic carbocycles. The number of nitrogens with one attached hydrogen (secondary N) is 1. The zero-order valence-electron chi connectivity index (χ0n) is 17.1. The average molecular weight is 444 g/mol. The van der Waals surface area contributed by atoms with Gasteiger partial charge in [-0.25, -0.2) is 15.0 Å². The minimum Gasteiger partial charge on any atom is -0.387 e. The quantitative estimate of drug-likeness (QED) is 0.490. The minimum absolute atomic E-state index is 0.182. The van der Waals surface area contributed by atoms with Gasteiger partial charge in [-0.2, -0.15) is 0 Å². The second-order valence-electron chi connectivity index (χ2n) is 7.87. The van der Waals surface area contributed by atoms with E-state index in [9.17, 15) is 10.2 Å². The van der Waals surface area contributed by atoms with Gasteiger partial charge >= 0.3 is 0 Å². The predicted octanol–water partition coefficient (Wildman–Crippen LogP) is 1.75. The van der Waals surface area contributed by atoms with Crippen LogP contribution in [0.5, 0.6) is 0 Å². The van der Waals surface area contributed by atoms with Crippen molar-refractivity contribution in [2.75, 3.05) is 24.3 Å². The Morgan fingerprint density at radius 2 is 2.06 bits per heavy atom. The second-order valence-corrected chi connectivity index (χ2v) is 8.94. The number of ether oxygens (including phenoxy) is 2. The number of aliphatic hydroxyl groups is 2. The van der Waals surface area contributed by atoms with Crippen LogP contribution in [0, 0.1) is 6.92 Å². The van der Waals surface area contributed by atoms with Crippen LogP contribution in [0.1, 0.15) is 18.2 Å². The number of aliphatic hydroxyl groups excluding tert-OH is 2. The molecule has 5 atom stereocenters. The highest BCUT2D eigenvalue weighted by Crippen LogP contribution is 2.35. The number of hydrogen-bond donors (Lipinski definition) is 3. The Labute approximate surface area is 183 Å². The van der Waals surface area contributed by atoms with Crippen molar-refractivity contribution in [2.24, 2.45) is 0 Å². The molecule has 0 bridgehead atoms. The van der Waals surface area contributed by atoms with Gasteiger partial charge in [0.25, 0.3) is 0 Å². The largest absolute Gasteiger partial charge is 0.387 e. The van der Waals surface area contributed by atoms with Gasteiger partial charge in [-0.3, -0.25) is 4.57 Å². The van der Waals surface area contributed by atoms with Crippen molar-refractivity contribution in [3.8, 4) is 0 Å². The minimum atomic E-state index is -1.09. The fraction of sp³-hybridized carbons (Fsp3) is 0.476. The van der Waals surface area contributed by atoms with Crippen LogP contribution in [-0.2, 0) is 9.47 Å². The lowest BCUT2D eigenvalue weighted by Crippen LogP contribution is -2.32. The summed E-state index contributed by atoms with van der Waals surface area (Å²) in [7, 11) is 0. The number of rotatable bonds is 6. The van der Waals surface area contributed by atoms with Crippen molar-refractivity contribution < 1.29 is 19.7 Å². The SMILES string of the molecule is Cc1ccccc1SC[C@H]1OC(n2cnc3c(NC4CCOC4)ncnc32)[C@H](O)[C@@H]1O. The van der Waals surface area contributed by atoms with Crippen molar-refractivity contribution in [1.82, 2.24) is 19.5 Å². The van der Waals surface area contributed by atoms with Gasteiger partial charge < -0.3 is 25.0 Å². The summed E-state index contributed by atoms with van der Waals surface area (Å²) in [6.45, 7) is 3.40. The molecule has 31 heavy (non-hydrogen) atoms. The number of nitrogens with zero attached hydrogens (tertiary/aromatic N) is 4. The Morgan fingerprint density at radius 3 is 2.87 bits per heavy atom. The molecule has 0 amide bonds. The van der Waals surface area contributed by atoms with E-state index in [1.165, 1.54) is 11.9 Å². The van der Waals surface area contributed by atoms with Crippen LogP contribution in [0.25, 0.3) is 11.2 Å². The first-order valence-corrected chi connectivity index (χ1v) is 11.3. The van der Waals surface area contributed by atoms with E-state index in [-0.39, 0.29) is 6.04 Å². The monoisotopic (exact) mass is 443 g/mol. The second kappa shape index (κ2) is 8.71. The van der Waals surface area contributed by atoms with Crippen molar-refractivity contribution >= 4 is 28.7 Å². The summed E-state index contributed by atoms with van der Waals surface area (Å²) in [6.07, 6.45) is 0.554. The Balaban J connectivity index is 1.34. The van der Waals surface area contributed by atoms with Crippen molar-refractivity contribution in [3.63, 3.8) is 0 Å². The molecule has 2 saturated heterocycles. The number of thioether (sulfide) groups is 1. The van der Waals surface area contributed by atoms with Crippen molar-refractivity contribution in [1.29, 1.82) is 0 Å². The van der Waals surface area contributed by atoms with E-state index in [0.29, 0.717) is 29.3 Å². The third-order valence-electron chi connectivity index (χ3n) is 5.74. The summed E-state index contributed by atoms with van der Waals surface area (Å²) in [5.41, 5.74) is 2.30. The predicted molar refractivity (Wildman–Crippen MR) is 116 cm³/mol. The molecule has 4 heterocycles. The molecule has 2 aromatic heterocycles. The molecule has 0 aliphatic carbocycles. The average Bonchev–Trinajstić information content (AvgIpc) is 3.50. The van der Waals surface area contributed by atoms with Crippen LogP contribution in [0.3, 0.4) is 0 Å². The van der Waals surface area contributed by atoms with E-state index in [1.54, 1.807) is 22.7 Å². The number of fused-ring (bicyclic) bond motifs is 1. The summed E-state index contributed by atoms with van der Waals surface area (Å²) >= 11 is 1.60. The summed E-state index contributed by atoms with van der Waals surface area (Å²) in [5, 5.41) is 24.7. The van der Waals surface area contributed by atoms with E-state index in [1.807, 2.05) is 31.2 Å². The van der Waals surface area contributed by atoms with Gasteiger partial charge in [0, 0.05) is 17.3 Å². The lowest BCUT2D eigenvalue weighted by Gasteiger charge is -2.17. The van der Waals surface area contributed by atoms with Crippen molar-refractivity contribution in [2.45, 2.75) is 48.8 Å². The normalized spacial score (nSPS) is 28.4. The number of anilines is 1. The van der Waals surface area contributed by atoms with E-state index < -0.39 is 24.5 Å². The smallest absolute Gasteiger partial charge is 0.167 e. The molecule has 9 nitrogen and oxygen atoms in total. The third kappa shape index (κ3) is 4.01. The first-order chi connectivity index (χ1) is 15.1. The maximum absolute atomic E-state index is 10.7. The summed E-state index contributed by atoms with van der Waals surface area (Å²) in [4.78, 5) is 14.3. The van der Waals surface area contributed by atoms with Gasteiger partial charge in [-0.1, -0.05) is 18.2 Å². The molecule has 2 fully saturated rings. The third-order valence-corrected chi connectivity index (χ3v) is 7.00. The van der Waals surface area contributed by atoms with E-state index in [4.69, 9.17) is 9.47 Å². The fourth-order valence-electron chi connectivity index (χ4n) is 3.97.